The van der Waals surface area contributed by atoms with Crippen molar-refractivity contribution in [3.8, 4) is 11.3 Å². The molecule has 0 spiro atoms. The second-order valence-corrected chi connectivity index (χ2v) is 14.5. The molecule has 1 aliphatic heterocycles. The molecule has 0 radical (unpaired) electrons. The summed E-state index contributed by atoms with van der Waals surface area (Å²) in [5, 5.41) is 0. The van der Waals surface area contributed by atoms with Gasteiger partial charge in [0.25, 0.3) is 0 Å². The van der Waals surface area contributed by atoms with E-state index in [1.807, 2.05) is 55.5 Å². The van der Waals surface area contributed by atoms with E-state index in [4.69, 9.17) is 5.73 Å². The number of urea groups is 1. The number of sulfonamides is 1. The average Bonchev–Trinajstić information content (AvgIpc) is 3.39. The fraction of sp³-hybridized carbons (Fsp3) is 0.485. The zero-order valence-electron chi connectivity index (χ0n) is 25.8. The molecule has 3 aromatic rings. The lowest BCUT2D eigenvalue weighted by atomic mass is 9.81. The lowest BCUT2D eigenvalue weighted by Gasteiger charge is -2.44. The molecule has 2 heterocycles. The Balaban J connectivity index is 1.75. The number of alkyl halides is 1. The summed E-state index contributed by atoms with van der Waals surface area (Å²) in [6.45, 7) is 8.54. The molecule has 1 saturated heterocycles. The zero-order chi connectivity index (χ0) is 31.2. The normalized spacial score (nSPS) is 16.2. The van der Waals surface area contributed by atoms with Gasteiger partial charge in [0.15, 0.2) is 0 Å². The van der Waals surface area contributed by atoms with Crippen molar-refractivity contribution in [3.05, 3.63) is 83.6 Å². The second kappa shape index (κ2) is 14.1. The number of nitrogens with one attached hydrogen (secondary N) is 1. The van der Waals surface area contributed by atoms with Crippen LogP contribution < -0.4 is 5.73 Å². The van der Waals surface area contributed by atoms with Crippen molar-refractivity contribution in [2.45, 2.75) is 52.8 Å². The molecule has 0 aliphatic carbocycles. The molecule has 8 nitrogen and oxygen atoms in total. The molecule has 10 heteroatoms. The van der Waals surface area contributed by atoms with Gasteiger partial charge in [0.05, 0.1) is 18.3 Å². The predicted octanol–water partition coefficient (Wildman–Crippen LogP) is 5.44. The Labute approximate surface area is 256 Å². The van der Waals surface area contributed by atoms with Crippen LogP contribution in [-0.4, -0.2) is 84.7 Å². The molecule has 2 aromatic carbocycles. The summed E-state index contributed by atoms with van der Waals surface area (Å²) in [6, 6.07) is 21.5. The molecular formula is C33H46FN5O3S. The summed E-state index contributed by atoms with van der Waals surface area (Å²) in [4.78, 5) is 21.2. The van der Waals surface area contributed by atoms with E-state index in [1.54, 1.807) is 9.80 Å². The van der Waals surface area contributed by atoms with Crippen molar-refractivity contribution < 1.29 is 17.6 Å². The summed E-state index contributed by atoms with van der Waals surface area (Å²) < 4.78 is 41.9. The first-order chi connectivity index (χ1) is 20.4. The fourth-order valence-corrected chi connectivity index (χ4v) is 7.35. The largest absolute Gasteiger partial charge is 0.356 e. The van der Waals surface area contributed by atoms with E-state index in [2.05, 4.69) is 44.0 Å². The SMILES string of the molecule is CCCS(=O)(=O)N1CCN(C(=O)N(C[C@H](F)CN)[C@@H](c2[nH]c(-c3ccccc3)cc2Cc2ccccc2)C(C)(C)C)CC1. The maximum Gasteiger partial charge on any atom is 0.320 e. The van der Waals surface area contributed by atoms with Crippen LogP contribution >= 0.6 is 0 Å². The van der Waals surface area contributed by atoms with Gasteiger partial charge in [0.1, 0.15) is 6.17 Å². The molecule has 0 saturated carbocycles. The fourth-order valence-electron chi connectivity index (χ4n) is 5.86. The van der Waals surface area contributed by atoms with Crippen LogP contribution in [0.1, 0.15) is 57.0 Å². The van der Waals surface area contributed by atoms with E-state index >= 15 is 4.39 Å². The van der Waals surface area contributed by atoms with Crippen LogP contribution in [-0.2, 0) is 16.4 Å². The van der Waals surface area contributed by atoms with Crippen LogP contribution in [0.3, 0.4) is 0 Å². The van der Waals surface area contributed by atoms with Crippen molar-refractivity contribution in [1.82, 2.24) is 19.1 Å². The van der Waals surface area contributed by atoms with E-state index in [9.17, 15) is 13.2 Å². The molecule has 1 fully saturated rings. The Morgan fingerprint density at radius 1 is 1.02 bits per heavy atom. The third kappa shape index (κ3) is 8.04. The predicted molar refractivity (Wildman–Crippen MR) is 171 cm³/mol. The molecular weight excluding hydrogens is 565 g/mol. The maximum atomic E-state index is 15.2. The standard InChI is InChI=1S/C33H46FN5O3S/c1-5-20-43(41,42)38-18-16-37(17-19-38)32(40)39(24-28(34)23-35)31(33(2,3)4)30-27(21-25-12-8-6-9-13-25)22-29(36-30)26-14-10-7-11-15-26/h6-15,22,28,31,36H,5,16-21,23-24,35H2,1-4H3/t28-,31+/m1/s1. The number of H-pyrrole nitrogens is 1. The molecule has 4 rings (SSSR count). The van der Waals surface area contributed by atoms with E-state index in [1.165, 1.54) is 4.31 Å². The van der Waals surface area contributed by atoms with Crippen LogP contribution in [0.15, 0.2) is 66.7 Å². The molecule has 2 atom stereocenters. The van der Waals surface area contributed by atoms with Crippen molar-refractivity contribution in [2.75, 3.05) is 45.0 Å². The van der Waals surface area contributed by atoms with E-state index in [0.717, 1.165) is 28.1 Å². The Kier molecular flexibility index (Phi) is 10.7. The van der Waals surface area contributed by atoms with Gasteiger partial charge in [-0.05, 0) is 41.0 Å². The van der Waals surface area contributed by atoms with Gasteiger partial charge in [-0.15, -0.1) is 0 Å². The third-order valence-electron chi connectivity index (χ3n) is 7.92. The average molecular weight is 612 g/mol. The van der Waals surface area contributed by atoms with Gasteiger partial charge in [0, 0.05) is 44.1 Å². The highest BCUT2D eigenvalue weighted by Gasteiger charge is 2.41. The summed E-state index contributed by atoms with van der Waals surface area (Å²) in [5.74, 6) is 0.0833. The lowest BCUT2D eigenvalue weighted by molar-refractivity contribution is 0.0648. The van der Waals surface area contributed by atoms with Crippen LogP contribution in [0.25, 0.3) is 11.3 Å². The lowest BCUT2D eigenvalue weighted by Crippen LogP contribution is -2.57. The van der Waals surface area contributed by atoms with E-state index < -0.39 is 27.7 Å². The molecule has 0 bridgehead atoms. The van der Waals surface area contributed by atoms with Gasteiger partial charge in [-0.1, -0.05) is 88.4 Å². The van der Waals surface area contributed by atoms with Gasteiger partial charge in [0.2, 0.25) is 10.0 Å². The van der Waals surface area contributed by atoms with Crippen LogP contribution in [0.2, 0.25) is 0 Å². The molecule has 0 unspecified atom stereocenters. The van der Waals surface area contributed by atoms with Gasteiger partial charge in [-0.25, -0.2) is 17.6 Å². The Morgan fingerprint density at radius 2 is 1.63 bits per heavy atom. The molecule has 3 N–H and O–H groups in total. The number of piperazine rings is 1. The summed E-state index contributed by atoms with van der Waals surface area (Å²) >= 11 is 0. The number of rotatable bonds is 11. The number of hydrogen-bond donors (Lipinski definition) is 2. The minimum Gasteiger partial charge on any atom is -0.356 e. The molecule has 1 aromatic heterocycles. The summed E-state index contributed by atoms with van der Waals surface area (Å²) in [6.07, 6.45) is -0.245. The zero-order valence-corrected chi connectivity index (χ0v) is 26.6. The first-order valence-corrected chi connectivity index (χ1v) is 16.7. The first kappa shape index (κ1) is 32.7. The molecule has 1 aliphatic rings. The molecule has 43 heavy (non-hydrogen) atoms. The minimum absolute atomic E-state index is 0.0833. The number of halogens is 1. The minimum atomic E-state index is -3.37. The van der Waals surface area contributed by atoms with Crippen LogP contribution in [0.5, 0.6) is 0 Å². The highest BCUT2D eigenvalue weighted by atomic mass is 32.2. The van der Waals surface area contributed by atoms with Gasteiger partial charge in [-0.2, -0.15) is 4.31 Å². The van der Waals surface area contributed by atoms with Crippen molar-refractivity contribution in [2.24, 2.45) is 11.1 Å². The first-order valence-electron chi connectivity index (χ1n) is 15.1. The van der Waals surface area contributed by atoms with Gasteiger partial charge >= 0.3 is 6.03 Å². The van der Waals surface area contributed by atoms with Crippen molar-refractivity contribution in [3.63, 3.8) is 0 Å². The Bertz CT molecular complexity index is 1430. The summed E-state index contributed by atoms with van der Waals surface area (Å²) in [7, 11) is -3.37. The number of amides is 2. The number of carbonyl (C=O) groups is 1. The number of benzene rings is 2. The maximum absolute atomic E-state index is 15.2. The van der Waals surface area contributed by atoms with Crippen molar-refractivity contribution in [1.29, 1.82) is 0 Å². The number of nitrogens with two attached hydrogens (primary N) is 1. The van der Waals surface area contributed by atoms with Crippen molar-refractivity contribution >= 4 is 16.1 Å². The quantitative estimate of drug-likeness (QED) is 0.302. The highest BCUT2D eigenvalue weighted by molar-refractivity contribution is 7.89. The highest BCUT2D eigenvalue weighted by Crippen LogP contribution is 2.42. The number of aromatic nitrogens is 1. The van der Waals surface area contributed by atoms with Crippen LogP contribution in [0, 0.1) is 5.41 Å². The van der Waals surface area contributed by atoms with Gasteiger partial charge < -0.3 is 20.5 Å². The number of carbonyl (C=O) groups excluding carboxylic acids is 1. The second-order valence-electron chi connectivity index (χ2n) is 12.4. The Hall–Kier alpha value is -3.21. The number of nitrogens with zero attached hydrogens (tertiary/aromatic N) is 3. The smallest absolute Gasteiger partial charge is 0.320 e. The van der Waals surface area contributed by atoms with Gasteiger partial charge in [-0.3, -0.25) is 0 Å². The summed E-state index contributed by atoms with van der Waals surface area (Å²) in [5.41, 5.74) is 10.2. The van der Waals surface area contributed by atoms with Crippen LogP contribution in [0.4, 0.5) is 9.18 Å². The monoisotopic (exact) mass is 611 g/mol. The number of hydrogen-bond acceptors (Lipinski definition) is 4. The number of aromatic amines is 1. The third-order valence-corrected chi connectivity index (χ3v) is 10.00. The Morgan fingerprint density at radius 3 is 2.19 bits per heavy atom. The molecule has 2 amide bonds. The van der Waals surface area contributed by atoms with E-state index in [-0.39, 0.29) is 51.1 Å². The van der Waals surface area contributed by atoms with E-state index in [0.29, 0.717) is 12.8 Å². The topological polar surface area (TPSA) is 103 Å². The molecule has 234 valence electrons.